The first-order valence-corrected chi connectivity index (χ1v) is 9.89. The highest BCUT2D eigenvalue weighted by Gasteiger charge is 2.28. The van der Waals surface area contributed by atoms with Crippen LogP contribution in [0.2, 0.25) is 5.02 Å². The van der Waals surface area contributed by atoms with Gasteiger partial charge in [-0.05, 0) is 24.3 Å². The number of hydrogen-bond donors (Lipinski definition) is 1. The van der Waals surface area contributed by atoms with Crippen molar-refractivity contribution >= 4 is 38.9 Å². The summed E-state index contributed by atoms with van der Waals surface area (Å²) in [7, 11) is -3.83. The van der Waals surface area contributed by atoms with Gasteiger partial charge in [-0.2, -0.15) is 4.31 Å². The summed E-state index contributed by atoms with van der Waals surface area (Å²) in [5.74, 6) is -0.779. The normalized spacial score (nSPS) is 15.2. The molecule has 1 aliphatic heterocycles. The molecule has 1 aliphatic rings. The van der Waals surface area contributed by atoms with Gasteiger partial charge >= 0.3 is 5.69 Å². The zero-order valence-corrected chi connectivity index (χ0v) is 15.9. The number of nitrogens with one attached hydrogen (secondary N) is 1. The molecule has 0 radical (unpaired) electrons. The molecule has 1 fully saturated rings. The second-order valence-electron chi connectivity index (χ2n) is 5.76. The number of ether oxygens (including phenoxy) is 1. The van der Waals surface area contributed by atoms with E-state index in [4.69, 9.17) is 16.3 Å². The fraction of sp³-hybridized carbons (Fsp3) is 0.250. The Hall–Kier alpha value is -2.60. The summed E-state index contributed by atoms with van der Waals surface area (Å²) >= 11 is 6.06. The van der Waals surface area contributed by atoms with Gasteiger partial charge in [-0.15, -0.1) is 0 Å². The van der Waals surface area contributed by atoms with Crippen molar-refractivity contribution in [2.24, 2.45) is 0 Å². The van der Waals surface area contributed by atoms with Crippen molar-refractivity contribution in [1.82, 2.24) is 9.29 Å². The molecule has 12 heteroatoms. The second-order valence-corrected chi connectivity index (χ2v) is 8.11. The van der Waals surface area contributed by atoms with E-state index in [1.807, 2.05) is 0 Å². The Morgan fingerprint density at radius 1 is 1.29 bits per heavy atom. The molecule has 0 unspecified atom stereocenters. The molecule has 2 heterocycles. The predicted molar refractivity (Wildman–Crippen MR) is 99.9 cm³/mol. The number of carbonyl (C=O) groups is 1. The molecule has 0 spiro atoms. The van der Waals surface area contributed by atoms with Crippen LogP contribution in [0.15, 0.2) is 41.6 Å². The van der Waals surface area contributed by atoms with Gasteiger partial charge in [-0.3, -0.25) is 19.9 Å². The number of carbonyl (C=O) groups excluding carboxylic acids is 1. The zero-order chi connectivity index (χ0) is 20.3. The molecule has 10 nitrogen and oxygen atoms in total. The molecule has 3 rings (SSSR count). The fourth-order valence-corrected chi connectivity index (χ4v) is 4.24. The summed E-state index contributed by atoms with van der Waals surface area (Å²) in [5, 5.41) is 13.4. The molecule has 148 valence electrons. The number of amides is 1. The van der Waals surface area contributed by atoms with Crippen molar-refractivity contribution in [3.63, 3.8) is 0 Å². The number of nitro groups is 1. The monoisotopic (exact) mass is 426 g/mol. The molecule has 1 amide bonds. The summed E-state index contributed by atoms with van der Waals surface area (Å²) in [4.78, 5) is 26.5. The number of rotatable bonds is 5. The highest BCUT2D eigenvalue weighted by Crippen LogP contribution is 2.27. The smallest absolute Gasteiger partial charge is 0.310 e. The van der Waals surface area contributed by atoms with Crippen LogP contribution in [0.3, 0.4) is 0 Å². The minimum absolute atomic E-state index is 0.00939. The first-order valence-electron chi connectivity index (χ1n) is 8.08. The van der Waals surface area contributed by atoms with Crippen LogP contribution in [0.4, 0.5) is 11.4 Å². The van der Waals surface area contributed by atoms with Gasteiger partial charge in [-0.25, -0.2) is 8.42 Å². The highest BCUT2D eigenvalue weighted by molar-refractivity contribution is 7.89. The molecule has 1 N–H and O–H groups in total. The van der Waals surface area contributed by atoms with E-state index in [1.165, 1.54) is 28.7 Å². The minimum Gasteiger partial charge on any atom is -0.379 e. The zero-order valence-electron chi connectivity index (χ0n) is 14.4. The van der Waals surface area contributed by atoms with E-state index in [2.05, 4.69) is 10.3 Å². The first-order chi connectivity index (χ1) is 13.3. The lowest BCUT2D eigenvalue weighted by Gasteiger charge is -2.26. The summed E-state index contributed by atoms with van der Waals surface area (Å²) in [6.45, 7) is 0.975. The SMILES string of the molecule is O=C(Nc1ccncc1[N+](=O)[O-])c1cc(S(=O)(=O)N2CCOCC2)ccc1Cl. The highest BCUT2D eigenvalue weighted by atomic mass is 35.5. The van der Waals surface area contributed by atoms with E-state index in [-0.39, 0.29) is 47.5 Å². The fourth-order valence-electron chi connectivity index (χ4n) is 2.60. The van der Waals surface area contributed by atoms with Crippen LogP contribution in [-0.2, 0) is 14.8 Å². The van der Waals surface area contributed by atoms with Gasteiger partial charge in [-0.1, -0.05) is 11.6 Å². The van der Waals surface area contributed by atoms with Crippen LogP contribution in [0, 0.1) is 10.1 Å². The molecule has 0 bridgehead atoms. The van der Waals surface area contributed by atoms with Crippen LogP contribution in [0.25, 0.3) is 0 Å². The second kappa shape index (κ2) is 8.19. The third-order valence-electron chi connectivity index (χ3n) is 4.04. The van der Waals surface area contributed by atoms with Crippen LogP contribution in [-0.4, -0.2) is 54.8 Å². The lowest BCUT2D eigenvalue weighted by Crippen LogP contribution is -2.40. The molecule has 2 aromatic rings. The number of aromatic nitrogens is 1. The van der Waals surface area contributed by atoms with Crippen molar-refractivity contribution in [3.05, 3.63) is 57.4 Å². The number of nitrogens with zero attached hydrogens (tertiary/aromatic N) is 3. The number of pyridine rings is 1. The summed E-state index contributed by atoms with van der Waals surface area (Å²) < 4.78 is 32.0. The number of morpholine rings is 1. The van der Waals surface area contributed by atoms with Crippen LogP contribution in [0.5, 0.6) is 0 Å². The molecule has 28 heavy (non-hydrogen) atoms. The summed E-state index contributed by atoms with van der Waals surface area (Å²) in [6.07, 6.45) is 2.28. The predicted octanol–water partition coefficient (Wildman–Crippen LogP) is 1.92. The number of anilines is 1. The Labute approximate surface area is 165 Å². The standard InChI is InChI=1S/C16H15ClN4O6S/c17-13-2-1-11(28(25,26)20-5-7-27-8-6-20)9-12(13)16(22)19-14-3-4-18-10-15(14)21(23)24/h1-4,9-10H,5-8H2,(H,18,19,22). The lowest BCUT2D eigenvalue weighted by atomic mass is 10.2. The van der Waals surface area contributed by atoms with Crippen LogP contribution >= 0.6 is 11.6 Å². The topological polar surface area (TPSA) is 132 Å². The molecular formula is C16H15ClN4O6S. The largest absolute Gasteiger partial charge is 0.379 e. The lowest BCUT2D eigenvalue weighted by molar-refractivity contribution is -0.384. The van der Waals surface area contributed by atoms with E-state index in [9.17, 15) is 23.3 Å². The number of sulfonamides is 1. The minimum atomic E-state index is -3.83. The molecular weight excluding hydrogens is 412 g/mol. The maximum atomic E-state index is 12.8. The van der Waals surface area contributed by atoms with Gasteiger partial charge in [0, 0.05) is 19.3 Å². The third-order valence-corrected chi connectivity index (χ3v) is 6.26. The van der Waals surface area contributed by atoms with Crippen molar-refractivity contribution in [2.75, 3.05) is 31.6 Å². The maximum absolute atomic E-state index is 12.8. The van der Waals surface area contributed by atoms with Gasteiger partial charge in [0.2, 0.25) is 10.0 Å². The van der Waals surface area contributed by atoms with Gasteiger partial charge in [0.1, 0.15) is 11.9 Å². The molecule has 0 saturated carbocycles. The van der Waals surface area contributed by atoms with E-state index in [0.717, 1.165) is 12.3 Å². The Morgan fingerprint density at radius 2 is 2.00 bits per heavy atom. The van der Waals surface area contributed by atoms with Gasteiger partial charge in [0.25, 0.3) is 5.91 Å². The van der Waals surface area contributed by atoms with Crippen LogP contribution in [0.1, 0.15) is 10.4 Å². The van der Waals surface area contributed by atoms with Crippen molar-refractivity contribution in [3.8, 4) is 0 Å². The Kier molecular flexibility index (Phi) is 5.89. The molecule has 0 aliphatic carbocycles. The maximum Gasteiger partial charge on any atom is 0.310 e. The van der Waals surface area contributed by atoms with E-state index in [1.54, 1.807) is 0 Å². The van der Waals surface area contributed by atoms with Gasteiger partial charge in [0.05, 0.1) is 33.6 Å². The summed E-state index contributed by atoms with van der Waals surface area (Å²) in [5.41, 5.74) is -0.603. The summed E-state index contributed by atoms with van der Waals surface area (Å²) in [6, 6.07) is 5.01. The molecule has 1 saturated heterocycles. The van der Waals surface area contributed by atoms with Gasteiger partial charge < -0.3 is 10.1 Å². The van der Waals surface area contributed by atoms with Gasteiger partial charge in [0.15, 0.2) is 0 Å². The number of benzene rings is 1. The third kappa shape index (κ3) is 4.12. The number of hydrogen-bond acceptors (Lipinski definition) is 7. The average molecular weight is 427 g/mol. The molecule has 0 atom stereocenters. The van der Waals surface area contributed by atoms with Crippen molar-refractivity contribution in [1.29, 1.82) is 0 Å². The average Bonchev–Trinajstić information content (AvgIpc) is 2.69. The number of halogens is 1. The Balaban J connectivity index is 1.91. The van der Waals surface area contributed by atoms with Crippen LogP contribution < -0.4 is 5.32 Å². The molecule has 1 aromatic carbocycles. The first kappa shape index (κ1) is 20.1. The Morgan fingerprint density at radius 3 is 2.68 bits per heavy atom. The van der Waals surface area contributed by atoms with E-state index < -0.39 is 26.5 Å². The van der Waals surface area contributed by atoms with Crippen molar-refractivity contribution < 1.29 is 22.9 Å². The van der Waals surface area contributed by atoms with Crippen molar-refractivity contribution in [2.45, 2.75) is 4.90 Å². The van der Waals surface area contributed by atoms with E-state index in [0.29, 0.717) is 0 Å². The molecule has 1 aromatic heterocycles. The van der Waals surface area contributed by atoms with E-state index >= 15 is 0 Å². The quantitative estimate of drug-likeness (QED) is 0.570. The Bertz CT molecular complexity index is 1020.